The molecule has 8 nitrogen and oxygen atoms in total. The number of hydrogen-bond acceptors (Lipinski definition) is 7. The van der Waals surface area contributed by atoms with Crippen molar-refractivity contribution in [3.05, 3.63) is 59.8 Å². The number of benzene rings is 2. The molecule has 1 unspecified atom stereocenters. The molecule has 1 aliphatic rings. The number of ether oxygens (including phenoxy) is 1. The fourth-order valence-corrected chi connectivity index (χ4v) is 5.63. The minimum atomic E-state index is -3.53. The molecule has 0 saturated carbocycles. The molecule has 0 spiro atoms. The highest BCUT2D eigenvalue weighted by molar-refractivity contribution is 7.89. The number of aromatic nitrogens is 1. The van der Waals surface area contributed by atoms with Crippen LogP contribution >= 0.6 is 0 Å². The van der Waals surface area contributed by atoms with Gasteiger partial charge in [0.25, 0.3) is 0 Å². The van der Waals surface area contributed by atoms with Gasteiger partial charge < -0.3 is 14.5 Å². The Balaban J connectivity index is 1.44. The maximum Gasteiger partial charge on any atom is 0.243 e. The van der Waals surface area contributed by atoms with Crippen LogP contribution in [0.1, 0.15) is 31.0 Å². The highest BCUT2D eigenvalue weighted by atomic mass is 32.2. The minimum Gasteiger partial charge on any atom is -0.497 e. The lowest BCUT2D eigenvalue weighted by Gasteiger charge is -2.30. The molecule has 2 heterocycles. The first kappa shape index (κ1) is 23.8. The van der Waals surface area contributed by atoms with Gasteiger partial charge in [-0.3, -0.25) is 0 Å². The number of nitrogens with zero attached hydrogens (tertiary/aromatic N) is 3. The van der Waals surface area contributed by atoms with Gasteiger partial charge in [0.15, 0.2) is 0 Å². The predicted molar refractivity (Wildman–Crippen MR) is 129 cm³/mol. The lowest BCUT2D eigenvalue weighted by molar-refractivity contribution is 0.281. The summed E-state index contributed by atoms with van der Waals surface area (Å²) in [5.74, 6) is 1.71. The molecule has 1 saturated heterocycles. The van der Waals surface area contributed by atoms with Gasteiger partial charge in [-0.15, -0.1) is 0 Å². The van der Waals surface area contributed by atoms with E-state index < -0.39 is 10.0 Å². The number of piperidine rings is 1. The van der Waals surface area contributed by atoms with Crippen LogP contribution < -0.4 is 10.1 Å². The van der Waals surface area contributed by atoms with Crippen LogP contribution in [0.15, 0.2) is 57.8 Å². The maximum atomic E-state index is 13.0. The molecule has 34 heavy (non-hydrogen) atoms. The van der Waals surface area contributed by atoms with Gasteiger partial charge in [-0.1, -0.05) is 19.1 Å². The summed E-state index contributed by atoms with van der Waals surface area (Å²) < 4.78 is 38.5. The van der Waals surface area contributed by atoms with E-state index >= 15 is 0 Å². The molecular formula is C25H28N4O4S. The van der Waals surface area contributed by atoms with E-state index in [1.807, 2.05) is 30.3 Å². The molecule has 1 atom stereocenters. The van der Waals surface area contributed by atoms with Gasteiger partial charge >= 0.3 is 0 Å². The number of sulfonamides is 1. The van der Waals surface area contributed by atoms with Crippen LogP contribution in [0.2, 0.25) is 0 Å². The van der Waals surface area contributed by atoms with E-state index in [1.54, 1.807) is 35.7 Å². The highest BCUT2D eigenvalue weighted by Crippen LogP contribution is 2.28. The Bertz CT molecular complexity index is 1260. The Morgan fingerprint density at radius 1 is 1.21 bits per heavy atom. The topological polar surface area (TPSA) is 108 Å². The average molecular weight is 481 g/mol. The fraction of sp³-hybridized carbons (Fsp3) is 0.360. The molecule has 9 heteroatoms. The van der Waals surface area contributed by atoms with Crippen molar-refractivity contribution in [3.63, 3.8) is 0 Å². The van der Waals surface area contributed by atoms with Crippen molar-refractivity contribution in [2.45, 2.75) is 31.1 Å². The zero-order valence-corrected chi connectivity index (χ0v) is 20.1. The first-order chi connectivity index (χ1) is 16.4. The summed E-state index contributed by atoms with van der Waals surface area (Å²) in [7, 11) is -1.91. The van der Waals surface area contributed by atoms with Gasteiger partial charge in [0, 0.05) is 25.2 Å². The number of hydrogen-bond donors (Lipinski definition) is 1. The van der Waals surface area contributed by atoms with Gasteiger partial charge in [0.2, 0.25) is 27.5 Å². The van der Waals surface area contributed by atoms with Crippen LogP contribution in [0.5, 0.6) is 5.75 Å². The highest BCUT2D eigenvalue weighted by Gasteiger charge is 2.28. The molecule has 2 aromatic carbocycles. The number of anilines is 1. The Morgan fingerprint density at radius 3 is 2.59 bits per heavy atom. The van der Waals surface area contributed by atoms with Crippen LogP contribution in [0.25, 0.3) is 11.5 Å². The molecule has 0 radical (unpaired) electrons. The predicted octanol–water partition coefficient (Wildman–Crippen LogP) is 4.30. The molecule has 1 N–H and O–H groups in total. The first-order valence-electron chi connectivity index (χ1n) is 11.3. The molecule has 0 bridgehead atoms. The van der Waals surface area contributed by atoms with E-state index in [9.17, 15) is 13.7 Å². The summed E-state index contributed by atoms with van der Waals surface area (Å²) in [5.41, 5.74) is 1.88. The van der Waals surface area contributed by atoms with E-state index in [2.05, 4.69) is 17.2 Å². The molecule has 1 aromatic heterocycles. The fourth-order valence-electron chi connectivity index (χ4n) is 4.03. The monoisotopic (exact) mass is 480 g/mol. The SMILES string of the molecule is COc1ccc(CCNc2oc(-c3ccc(S(=O)(=O)N4CCCC(C)C4)cc3)nc2C#N)cc1. The van der Waals surface area contributed by atoms with Crippen LogP contribution in [-0.2, 0) is 16.4 Å². The molecule has 0 amide bonds. The Labute approximate surface area is 200 Å². The van der Waals surface area contributed by atoms with E-state index in [0.717, 1.165) is 30.6 Å². The third kappa shape index (κ3) is 5.24. The molecule has 1 aliphatic heterocycles. The molecule has 0 aliphatic carbocycles. The smallest absolute Gasteiger partial charge is 0.243 e. The van der Waals surface area contributed by atoms with Gasteiger partial charge in [-0.2, -0.15) is 14.6 Å². The van der Waals surface area contributed by atoms with Crippen LogP contribution in [0, 0.1) is 17.2 Å². The zero-order chi connectivity index (χ0) is 24.1. The second kappa shape index (κ2) is 10.3. The van der Waals surface area contributed by atoms with Crippen molar-refractivity contribution in [1.29, 1.82) is 5.26 Å². The summed E-state index contributed by atoms with van der Waals surface area (Å²) >= 11 is 0. The van der Waals surface area contributed by atoms with Crippen molar-refractivity contribution >= 4 is 15.9 Å². The largest absolute Gasteiger partial charge is 0.497 e. The van der Waals surface area contributed by atoms with Crippen molar-refractivity contribution in [2.75, 3.05) is 32.1 Å². The molecular weight excluding hydrogens is 452 g/mol. The second-order valence-electron chi connectivity index (χ2n) is 8.47. The standard InChI is InChI=1S/C25H28N4O4S/c1-18-4-3-15-29(17-18)34(30,31)22-11-7-20(8-12-22)24-28-23(16-26)25(33-24)27-14-13-19-5-9-21(32-2)10-6-19/h5-12,18,27H,3-4,13-15,17H2,1-2H3. The molecule has 4 rings (SSSR count). The first-order valence-corrected chi connectivity index (χ1v) is 12.7. The zero-order valence-electron chi connectivity index (χ0n) is 19.3. The normalized spacial score (nSPS) is 16.7. The van der Waals surface area contributed by atoms with E-state index in [-0.39, 0.29) is 16.5 Å². The quantitative estimate of drug-likeness (QED) is 0.512. The van der Waals surface area contributed by atoms with Crippen LogP contribution in [-0.4, -0.2) is 44.5 Å². The van der Waals surface area contributed by atoms with E-state index in [1.165, 1.54) is 0 Å². The van der Waals surface area contributed by atoms with Gasteiger partial charge in [-0.05, 0) is 67.1 Å². The third-order valence-electron chi connectivity index (χ3n) is 5.95. The van der Waals surface area contributed by atoms with Crippen molar-refractivity contribution < 1.29 is 17.6 Å². The summed E-state index contributed by atoms with van der Waals surface area (Å²) in [5, 5.41) is 12.6. The van der Waals surface area contributed by atoms with Crippen LogP contribution in [0.4, 0.5) is 5.88 Å². The lowest BCUT2D eigenvalue weighted by atomic mass is 10.0. The van der Waals surface area contributed by atoms with Crippen molar-refractivity contribution in [3.8, 4) is 23.3 Å². The average Bonchev–Trinajstić information content (AvgIpc) is 3.28. The Hall–Kier alpha value is -3.35. The Morgan fingerprint density at radius 2 is 1.94 bits per heavy atom. The van der Waals surface area contributed by atoms with Crippen LogP contribution in [0.3, 0.4) is 0 Å². The van der Waals surface area contributed by atoms with E-state index in [0.29, 0.717) is 37.0 Å². The van der Waals surface area contributed by atoms with Crippen molar-refractivity contribution in [2.24, 2.45) is 5.92 Å². The summed E-state index contributed by atoms with van der Waals surface area (Å²) in [6.07, 6.45) is 2.65. The van der Waals surface area contributed by atoms with Crippen molar-refractivity contribution in [1.82, 2.24) is 9.29 Å². The third-order valence-corrected chi connectivity index (χ3v) is 7.83. The minimum absolute atomic E-state index is 0.156. The number of rotatable bonds is 8. The summed E-state index contributed by atoms with van der Waals surface area (Å²) in [6, 6.07) is 16.3. The molecule has 1 fully saturated rings. The summed E-state index contributed by atoms with van der Waals surface area (Å²) in [6.45, 7) is 3.72. The van der Waals surface area contributed by atoms with Gasteiger partial charge in [-0.25, -0.2) is 8.42 Å². The second-order valence-corrected chi connectivity index (χ2v) is 10.4. The Kier molecular flexibility index (Phi) is 7.20. The molecule has 3 aromatic rings. The summed E-state index contributed by atoms with van der Waals surface area (Å²) in [4.78, 5) is 4.52. The number of methoxy groups -OCH3 is 1. The van der Waals surface area contributed by atoms with E-state index in [4.69, 9.17) is 9.15 Å². The number of nitriles is 1. The number of oxazole rings is 1. The number of nitrogens with one attached hydrogen (secondary N) is 1. The molecule has 178 valence electrons. The lowest BCUT2D eigenvalue weighted by Crippen LogP contribution is -2.39. The maximum absolute atomic E-state index is 13.0. The van der Waals surface area contributed by atoms with Gasteiger partial charge in [0.05, 0.1) is 12.0 Å². The van der Waals surface area contributed by atoms with Gasteiger partial charge in [0.1, 0.15) is 11.8 Å².